The number of carbonyl (C=O) groups is 2. The highest BCUT2D eigenvalue weighted by atomic mass is 79.9. The Bertz CT molecular complexity index is 1320. The maximum absolute atomic E-state index is 12.4. The SMILES string of the molecule is O=C(COc1ccc(/C=C2/SC(=Nc3cccc(Cl)c3Cl)NC2=O)cc1Br)Nc1ccccc1. The average Bonchev–Trinajstić information content (AvgIpc) is 3.15. The number of hydrogen-bond acceptors (Lipinski definition) is 5. The Morgan fingerprint density at radius 3 is 2.68 bits per heavy atom. The maximum Gasteiger partial charge on any atom is 0.264 e. The minimum atomic E-state index is -0.269. The van der Waals surface area contributed by atoms with Crippen LogP contribution in [0.15, 0.2) is 81.1 Å². The van der Waals surface area contributed by atoms with Gasteiger partial charge in [0.1, 0.15) is 5.75 Å². The Morgan fingerprint density at radius 2 is 1.91 bits per heavy atom. The van der Waals surface area contributed by atoms with E-state index in [9.17, 15) is 9.59 Å². The van der Waals surface area contributed by atoms with Gasteiger partial charge in [0.25, 0.3) is 11.8 Å². The molecule has 34 heavy (non-hydrogen) atoms. The van der Waals surface area contributed by atoms with Gasteiger partial charge in [-0.2, -0.15) is 0 Å². The van der Waals surface area contributed by atoms with Gasteiger partial charge in [-0.25, -0.2) is 4.99 Å². The number of benzene rings is 3. The number of aliphatic imine (C=N–C) groups is 1. The lowest BCUT2D eigenvalue weighted by Crippen LogP contribution is -2.20. The number of carbonyl (C=O) groups excluding carboxylic acids is 2. The molecule has 6 nitrogen and oxygen atoms in total. The van der Waals surface area contributed by atoms with Crippen LogP contribution >= 0.6 is 50.9 Å². The molecule has 1 saturated heterocycles. The first-order valence-electron chi connectivity index (χ1n) is 9.90. The number of amidine groups is 1. The van der Waals surface area contributed by atoms with Crippen LogP contribution in [-0.2, 0) is 9.59 Å². The van der Waals surface area contributed by atoms with Crippen LogP contribution in [0.5, 0.6) is 5.75 Å². The minimum absolute atomic E-state index is 0.141. The molecule has 1 aliphatic heterocycles. The summed E-state index contributed by atoms with van der Waals surface area (Å²) in [4.78, 5) is 29.3. The van der Waals surface area contributed by atoms with Gasteiger partial charge in [-0.15, -0.1) is 0 Å². The minimum Gasteiger partial charge on any atom is -0.483 e. The van der Waals surface area contributed by atoms with Gasteiger partial charge in [0.15, 0.2) is 11.8 Å². The highest BCUT2D eigenvalue weighted by Gasteiger charge is 2.24. The quantitative estimate of drug-likeness (QED) is 0.321. The molecule has 0 spiro atoms. The van der Waals surface area contributed by atoms with Crippen LogP contribution in [0.4, 0.5) is 11.4 Å². The summed E-state index contributed by atoms with van der Waals surface area (Å²) >= 11 is 16.9. The number of nitrogens with one attached hydrogen (secondary N) is 2. The zero-order chi connectivity index (χ0) is 24.1. The molecular weight excluding hydrogens is 561 g/mol. The van der Waals surface area contributed by atoms with Gasteiger partial charge in [-0.1, -0.05) is 53.5 Å². The van der Waals surface area contributed by atoms with Gasteiger partial charge in [0.2, 0.25) is 0 Å². The van der Waals surface area contributed by atoms with Crippen LogP contribution in [0.3, 0.4) is 0 Å². The first kappa shape index (κ1) is 24.3. The molecule has 0 bridgehead atoms. The molecule has 0 aromatic heterocycles. The molecule has 2 amide bonds. The number of ether oxygens (including phenoxy) is 1. The Labute approximate surface area is 218 Å². The number of anilines is 1. The van der Waals surface area contributed by atoms with Crippen molar-refractivity contribution in [2.24, 2.45) is 4.99 Å². The van der Waals surface area contributed by atoms with Crippen molar-refractivity contribution in [3.63, 3.8) is 0 Å². The van der Waals surface area contributed by atoms with Crippen molar-refractivity contribution in [2.45, 2.75) is 0 Å². The molecule has 172 valence electrons. The van der Waals surface area contributed by atoms with E-state index < -0.39 is 0 Å². The van der Waals surface area contributed by atoms with Crippen LogP contribution < -0.4 is 15.4 Å². The number of hydrogen-bond donors (Lipinski definition) is 2. The Morgan fingerprint density at radius 1 is 1.12 bits per heavy atom. The first-order chi connectivity index (χ1) is 16.4. The molecule has 1 aliphatic rings. The van der Waals surface area contributed by atoms with E-state index in [0.717, 1.165) is 5.56 Å². The number of thioether (sulfide) groups is 1. The molecule has 1 heterocycles. The first-order valence-corrected chi connectivity index (χ1v) is 12.3. The molecule has 3 aromatic carbocycles. The molecule has 0 unspecified atom stereocenters. The third-order valence-corrected chi connectivity index (χ3v) is 6.81. The van der Waals surface area contributed by atoms with Gasteiger partial charge in [0.05, 0.1) is 25.1 Å². The van der Waals surface area contributed by atoms with E-state index in [1.54, 1.807) is 54.6 Å². The third kappa shape index (κ3) is 6.21. The molecule has 4 rings (SSSR count). The molecule has 2 N–H and O–H groups in total. The topological polar surface area (TPSA) is 79.8 Å². The number of nitrogens with zero attached hydrogens (tertiary/aromatic N) is 1. The van der Waals surface area contributed by atoms with E-state index >= 15 is 0 Å². The van der Waals surface area contributed by atoms with Crippen molar-refractivity contribution in [3.05, 3.63) is 91.7 Å². The zero-order valence-corrected chi connectivity index (χ0v) is 21.3. The van der Waals surface area contributed by atoms with E-state index in [0.29, 0.717) is 41.7 Å². The predicted molar refractivity (Wildman–Crippen MR) is 142 cm³/mol. The normalized spacial score (nSPS) is 15.4. The standard InChI is InChI=1S/C24H16BrCl2N3O3S/c25-16-11-14(9-10-19(16)33-13-21(31)28-15-5-2-1-3-6-15)12-20-23(32)30-24(34-20)29-18-8-4-7-17(26)22(18)27/h1-12H,13H2,(H,28,31)(H,29,30,32)/b20-12+. The Kier molecular flexibility index (Phi) is 7.95. The summed E-state index contributed by atoms with van der Waals surface area (Å²) in [5.74, 6) is -0.0300. The lowest BCUT2D eigenvalue weighted by molar-refractivity contribution is -0.118. The van der Waals surface area contributed by atoms with Crippen LogP contribution in [0.2, 0.25) is 10.0 Å². The number of para-hydroxylation sites is 1. The lowest BCUT2D eigenvalue weighted by Gasteiger charge is -2.09. The zero-order valence-electron chi connectivity index (χ0n) is 17.3. The van der Waals surface area contributed by atoms with Crippen LogP contribution in [0.1, 0.15) is 5.56 Å². The fourth-order valence-corrected chi connectivity index (χ4v) is 4.59. The highest BCUT2D eigenvalue weighted by Crippen LogP contribution is 2.35. The van der Waals surface area contributed by atoms with Crippen molar-refractivity contribution in [1.82, 2.24) is 5.32 Å². The number of halogens is 3. The Balaban J connectivity index is 1.41. The summed E-state index contributed by atoms with van der Waals surface area (Å²) in [7, 11) is 0. The average molecular weight is 577 g/mol. The molecule has 3 aromatic rings. The number of amides is 2. The fraction of sp³-hybridized carbons (Fsp3) is 0.0417. The van der Waals surface area contributed by atoms with Crippen molar-refractivity contribution >= 4 is 85.3 Å². The second-order valence-electron chi connectivity index (χ2n) is 6.95. The van der Waals surface area contributed by atoms with Gasteiger partial charge in [-0.05, 0) is 75.7 Å². The van der Waals surface area contributed by atoms with Gasteiger partial charge in [-0.3, -0.25) is 9.59 Å². The van der Waals surface area contributed by atoms with Gasteiger partial charge >= 0.3 is 0 Å². The molecule has 0 aliphatic carbocycles. The van der Waals surface area contributed by atoms with Crippen molar-refractivity contribution in [3.8, 4) is 5.75 Å². The summed E-state index contributed by atoms with van der Waals surface area (Å²) in [6, 6.07) is 19.6. The summed E-state index contributed by atoms with van der Waals surface area (Å²) in [5, 5.41) is 6.60. The second-order valence-corrected chi connectivity index (χ2v) is 9.62. The van der Waals surface area contributed by atoms with E-state index in [1.165, 1.54) is 11.8 Å². The summed E-state index contributed by atoms with van der Waals surface area (Å²) < 4.78 is 6.27. The summed E-state index contributed by atoms with van der Waals surface area (Å²) in [5.41, 5.74) is 1.94. The molecular formula is C24H16BrCl2N3O3S. The number of rotatable bonds is 6. The van der Waals surface area contributed by atoms with Crippen molar-refractivity contribution < 1.29 is 14.3 Å². The van der Waals surface area contributed by atoms with Gasteiger partial charge < -0.3 is 15.4 Å². The fourth-order valence-electron chi connectivity index (χ4n) is 2.91. The molecule has 0 saturated carbocycles. The smallest absolute Gasteiger partial charge is 0.264 e. The van der Waals surface area contributed by atoms with E-state index in [4.69, 9.17) is 27.9 Å². The highest BCUT2D eigenvalue weighted by molar-refractivity contribution is 9.10. The molecule has 10 heteroatoms. The largest absolute Gasteiger partial charge is 0.483 e. The maximum atomic E-state index is 12.4. The summed E-state index contributed by atoms with van der Waals surface area (Å²) in [6.07, 6.45) is 1.73. The Hall–Kier alpha value is -2.78. The van der Waals surface area contributed by atoms with E-state index in [2.05, 4.69) is 31.6 Å². The lowest BCUT2D eigenvalue weighted by atomic mass is 10.2. The molecule has 0 atom stereocenters. The van der Waals surface area contributed by atoms with Crippen LogP contribution in [-0.4, -0.2) is 23.6 Å². The van der Waals surface area contributed by atoms with Crippen LogP contribution in [0.25, 0.3) is 6.08 Å². The monoisotopic (exact) mass is 575 g/mol. The van der Waals surface area contributed by atoms with Gasteiger partial charge in [0, 0.05) is 5.69 Å². The second kappa shape index (κ2) is 11.1. The molecule has 0 radical (unpaired) electrons. The van der Waals surface area contributed by atoms with E-state index in [1.807, 2.05) is 18.2 Å². The molecule has 1 fully saturated rings. The van der Waals surface area contributed by atoms with E-state index in [-0.39, 0.29) is 18.4 Å². The third-order valence-electron chi connectivity index (χ3n) is 4.47. The predicted octanol–water partition coefficient (Wildman–Crippen LogP) is 6.67. The van der Waals surface area contributed by atoms with Crippen molar-refractivity contribution in [1.29, 1.82) is 0 Å². The van der Waals surface area contributed by atoms with Crippen molar-refractivity contribution in [2.75, 3.05) is 11.9 Å². The van der Waals surface area contributed by atoms with Crippen LogP contribution in [0, 0.1) is 0 Å². The summed E-state index contributed by atoms with van der Waals surface area (Å²) in [6.45, 7) is -0.141.